The van der Waals surface area contributed by atoms with E-state index in [9.17, 15) is 4.79 Å². The Kier molecular flexibility index (Phi) is 3.14. The Morgan fingerprint density at radius 1 is 1.56 bits per heavy atom. The van der Waals surface area contributed by atoms with Crippen LogP contribution in [0, 0.1) is 5.41 Å². The van der Waals surface area contributed by atoms with Crippen LogP contribution in [0.2, 0.25) is 0 Å². The summed E-state index contributed by atoms with van der Waals surface area (Å²) in [5.41, 5.74) is -0.432. The maximum Gasteiger partial charge on any atom is 0.303 e. The Bertz CT molecular complexity index is 530. The zero-order valence-corrected chi connectivity index (χ0v) is 10.2. The number of H-pyrrole nitrogens is 1. The molecule has 2 heterocycles. The lowest BCUT2D eigenvalue weighted by molar-refractivity contribution is -0.139. The van der Waals surface area contributed by atoms with Gasteiger partial charge in [-0.3, -0.25) is 4.79 Å². The smallest absolute Gasteiger partial charge is 0.303 e. The number of aromatic amines is 1. The van der Waals surface area contributed by atoms with Crippen molar-refractivity contribution in [2.75, 3.05) is 0 Å². The van der Waals surface area contributed by atoms with E-state index >= 15 is 0 Å². The first kappa shape index (κ1) is 12.3. The Morgan fingerprint density at radius 2 is 2.33 bits per heavy atom. The van der Waals surface area contributed by atoms with Crippen molar-refractivity contribution in [2.24, 2.45) is 5.41 Å². The van der Waals surface area contributed by atoms with Gasteiger partial charge in [-0.05, 0) is 5.41 Å². The second kappa shape index (κ2) is 4.59. The van der Waals surface area contributed by atoms with Gasteiger partial charge in [0.05, 0.1) is 6.42 Å². The van der Waals surface area contributed by atoms with E-state index in [4.69, 9.17) is 9.63 Å². The lowest BCUT2D eigenvalue weighted by Crippen LogP contribution is -2.19. The predicted octanol–water partition coefficient (Wildman–Crippen LogP) is 1.50. The molecule has 96 valence electrons. The van der Waals surface area contributed by atoms with Gasteiger partial charge >= 0.3 is 5.97 Å². The van der Waals surface area contributed by atoms with Gasteiger partial charge < -0.3 is 14.6 Å². The average Bonchev–Trinajstić information content (AvgIpc) is 2.82. The van der Waals surface area contributed by atoms with E-state index in [1.54, 1.807) is 12.4 Å². The van der Waals surface area contributed by atoms with Crippen molar-refractivity contribution in [2.45, 2.75) is 26.7 Å². The molecule has 0 unspecified atom stereocenters. The second-order valence-electron chi connectivity index (χ2n) is 4.86. The van der Waals surface area contributed by atoms with Crippen LogP contribution in [0.1, 0.15) is 26.2 Å². The maximum atomic E-state index is 10.7. The zero-order valence-electron chi connectivity index (χ0n) is 10.2. The van der Waals surface area contributed by atoms with Crippen LogP contribution in [0.15, 0.2) is 16.9 Å². The lowest BCUT2D eigenvalue weighted by atomic mass is 9.86. The predicted molar refractivity (Wildman–Crippen MR) is 61.6 cm³/mol. The van der Waals surface area contributed by atoms with E-state index in [0.717, 1.165) is 0 Å². The molecule has 0 atom stereocenters. The normalized spacial score (nSPS) is 11.7. The topological polar surface area (TPSA) is 105 Å². The molecule has 0 saturated heterocycles. The van der Waals surface area contributed by atoms with E-state index in [1.807, 2.05) is 13.8 Å². The number of nitrogens with zero attached hydrogens (tertiary/aromatic N) is 3. The van der Waals surface area contributed by atoms with Crippen LogP contribution in [0.5, 0.6) is 0 Å². The largest absolute Gasteiger partial charge is 0.481 e. The van der Waals surface area contributed by atoms with Crippen molar-refractivity contribution in [3.8, 4) is 11.6 Å². The van der Waals surface area contributed by atoms with Crippen LogP contribution in [0.3, 0.4) is 0 Å². The summed E-state index contributed by atoms with van der Waals surface area (Å²) in [7, 11) is 0. The van der Waals surface area contributed by atoms with Crippen molar-refractivity contribution in [3.05, 3.63) is 18.3 Å². The van der Waals surface area contributed by atoms with Crippen molar-refractivity contribution in [3.63, 3.8) is 0 Å². The van der Waals surface area contributed by atoms with Crippen LogP contribution in [-0.2, 0) is 11.2 Å². The fourth-order valence-electron chi connectivity index (χ4n) is 1.69. The number of rotatable bonds is 5. The summed E-state index contributed by atoms with van der Waals surface area (Å²) < 4.78 is 5.09. The van der Waals surface area contributed by atoms with E-state index in [2.05, 4.69) is 20.1 Å². The number of imidazole rings is 1. The van der Waals surface area contributed by atoms with Crippen LogP contribution < -0.4 is 0 Å². The lowest BCUT2D eigenvalue weighted by Gasteiger charge is -2.19. The number of carboxylic acids is 1. The molecule has 2 rings (SSSR count). The molecule has 0 saturated carbocycles. The van der Waals surface area contributed by atoms with Crippen molar-refractivity contribution < 1.29 is 14.4 Å². The Hall–Kier alpha value is -2.18. The van der Waals surface area contributed by atoms with Crippen LogP contribution in [0.4, 0.5) is 0 Å². The molecule has 2 N–H and O–H groups in total. The van der Waals surface area contributed by atoms with Crippen molar-refractivity contribution >= 4 is 5.97 Å². The van der Waals surface area contributed by atoms with Crippen molar-refractivity contribution in [1.82, 2.24) is 20.1 Å². The molecule has 18 heavy (non-hydrogen) atoms. The molecule has 0 bridgehead atoms. The molecule has 0 radical (unpaired) electrons. The number of nitrogens with one attached hydrogen (secondary N) is 1. The molecule has 0 fully saturated rings. The minimum absolute atomic E-state index is 0.0471. The third kappa shape index (κ3) is 2.93. The first-order valence-corrected chi connectivity index (χ1v) is 5.50. The molecule has 0 aromatic carbocycles. The number of aromatic nitrogens is 4. The van der Waals surface area contributed by atoms with E-state index < -0.39 is 11.4 Å². The van der Waals surface area contributed by atoms with Crippen molar-refractivity contribution in [1.29, 1.82) is 0 Å². The Labute approximate surface area is 103 Å². The SMILES string of the molecule is CC(C)(CC(=O)O)Cc1nc(-c2ncc[nH]2)no1. The Morgan fingerprint density at radius 3 is 2.94 bits per heavy atom. The highest BCUT2D eigenvalue weighted by Gasteiger charge is 2.25. The van der Waals surface area contributed by atoms with Gasteiger partial charge in [-0.2, -0.15) is 4.98 Å². The second-order valence-corrected chi connectivity index (χ2v) is 4.86. The molecule has 0 aliphatic carbocycles. The van der Waals surface area contributed by atoms with Gasteiger partial charge in [0, 0.05) is 18.8 Å². The zero-order chi connectivity index (χ0) is 13.2. The number of hydrogen-bond acceptors (Lipinski definition) is 5. The summed E-state index contributed by atoms with van der Waals surface area (Å²) >= 11 is 0. The summed E-state index contributed by atoms with van der Waals surface area (Å²) in [5, 5.41) is 12.6. The molecule has 0 aliphatic rings. The van der Waals surface area contributed by atoms with Gasteiger partial charge in [-0.1, -0.05) is 19.0 Å². The molecule has 7 heteroatoms. The summed E-state index contributed by atoms with van der Waals surface area (Å²) in [6.45, 7) is 3.69. The molecule has 0 spiro atoms. The minimum atomic E-state index is -0.842. The molecule has 0 aliphatic heterocycles. The highest BCUT2D eigenvalue weighted by Crippen LogP contribution is 2.25. The molecule has 0 amide bonds. The van der Waals surface area contributed by atoms with Crippen LogP contribution in [-0.4, -0.2) is 31.2 Å². The number of carbonyl (C=O) groups is 1. The summed E-state index contributed by atoms with van der Waals surface area (Å²) in [6, 6.07) is 0. The number of hydrogen-bond donors (Lipinski definition) is 2. The monoisotopic (exact) mass is 250 g/mol. The summed E-state index contributed by atoms with van der Waals surface area (Å²) in [5.74, 6) is 0.473. The van der Waals surface area contributed by atoms with E-state index in [0.29, 0.717) is 24.0 Å². The maximum absolute atomic E-state index is 10.7. The molecular formula is C11H14N4O3. The van der Waals surface area contributed by atoms with Gasteiger partial charge in [0.15, 0.2) is 5.82 Å². The average molecular weight is 250 g/mol. The molecule has 2 aromatic heterocycles. The molecular weight excluding hydrogens is 236 g/mol. The third-order valence-electron chi connectivity index (χ3n) is 2.44. The minimum Gasteiger partial charge on any atom is -0.481 e. The molecule has 2 aromatic rings. The summed E-state index contributed by atoms with van der Waals surface area (Å²) in [4.78, 5) is 21.8. The Balaban J connectivity index is 2.09. The van der Waals surface area contributed by atoms with Crippen LogP contribution >= 0.6 is 0 Å². The van der Waals surface area contributed by atoms with Gasteiger partial charge in [-0.25, -0.2) is 4.98 Å². The highest BCUT2D eigenvalue weighted by molar-refractivity contribution is 5.67. The standard InChI is InChI=1S/C11H14N4O3/c1-11(2,6-8(16)17)5-7-14-10(15-18-7)9-12-3-4-13-9/h3-4H,5-6H2,1-2H3,(H,12,13)(H,16,17). The fraction of sp³-hybridized carbons (Fsp3) is 0.455. The highest BCUT2D eigenvalue weighted by atomic mass is 16.5. The quantitative estimate of drug-likeness (QED) is 0.833. The van der Waals surface area contributed by atoms with Gasteiger partial charge in [0.2, 0.25) is 11.7 Å². The van der Waals surface area contributed by atoms with Gasteiger partial charge in [0.25, 0.3) is 0 Å². The number of aliphatic carboxylic acids is 1. The van der Waals surface area contributed by atoms with E-state index in [-0.39, 0.29) is 6.42 Å². The first-order valence-electron chi connectivity index (χ1n) is 5.50. The molecule has 7 nitrogen and oxygen atoms in total. The fourth-order valence-corrected chi connectivity index (χ4v) is 1.69. The first-order chi connectivity index (χ1) is 8.46. The van der Waals surface area contributed by atoms with E-state index in [1.165, 1.54) is 0 Å². The van der Waals surface area contributed by atoms with Gasteiger partial charge in [-0.15, -0.1) is 0 Å². The third-order valence-corrected chi connectivity index (χ3v) is 2.44. The van der Waals surface area contributed by atoms with Gasteiger partial charge in [0.1, 0.15) is 0 Å². The summed E-state index contributed by atoms with van der Waals surface area (Å²) in [6.07, 6.45) is 3.72. The van der Waals surface area contributed by atoms with Crippen LogP contribution in [0.25, 0.3) is 11.6 Å². The number of carboxylic acid groups (broad SMARTS) is 1.